The second-order valence-corrected chi connectivity index (χ2v) is 7.97. The molecule has 0 spiro atoms. The van der Waals surface area contributed by atoms with Gasteiger partial charge in [0, 0.05) is 13.1 Å². The molecule has 2 amide bonds. The number of fused-ring (bicyclic) bond motifs is 1. The molecule has 0 aromatic heterocycles. The number of nitrogens with zero attached hydrogens (tertiary/aromatic N) is 1. The number of hydrogen-bond donors (Lipinski definition) is 2. The number of amides is 2. The van der Waals surface area contributed by atoms with Crippen molar-refractivity contribution < 1.29 is 19.1 Å². The van der Waals surface area contributed by atoms with Crippen molar-refractivity contribution in [2.24, 2.45) is 0 Å². The van der Waals surface area contributed by atoms with Gasteiger partial charge in [0.05, 0.1) is 18.9 Å². The number of ether oxygens (including phenoxy) is 1. The Morgan fingerprint density at radius 1 is 1.26 bits per heavy atom. The highest BCUT2D eigenvalue weighted by Crippen LogP contribution is 2.19. The summed E-state index contributed by atoms with van der Waals surface area (Å²) in [6, 6.07) is 12.9. The normalized spacial score (nSPS) is 17.0. The minimum atomic E-state index is -0.810. The lowest BCUT2D eigenvalue weighted by atomic mass is 10.0. The summed E-state index contributed by atoms with van der Waals surface area (Å²) in [5.74, 6) is -1.04. The van der Waals surface area contributed by atoms with E-state index in [1.165, 1.54) is 0 Å². The van der Waals surface area contributed by atoms with E-state index in [0.29, 0.717) is 19.5 Å². The smallest absolute Gasteiger partial charge is 0.308 e. The van der Waals surface area contributed by atoms with Crippen LogP contribution in [0.1, 0.15) is 32.3 Å². The highest BCUT2D eigenvalue weighted by molar-refractivity contribution is 7.80. The average Bonchev–Trinajstić information content (AvgIpc) is 2.75. The van der Waals surface area contributed by atoms with Crippen LogP contribution in [0, 0.1) is 0 Å². The fourth-order valence-electron chi connectivity index (χ4n) is 3.53. The average molecular weight is 442 g/mol. The third-order valence-corrected chi connectivity index (χ3v) is 5.67. The number of thiocarbonyl (C=S) groups is 1. The predicted octanol–water partition coefficient (Wildman–Crippen LogP) is 2.32. The van der Waals surface area contributed by atoms with E-state index in [-0.39, 0.29) is 35.9 Å². The van der Waals surface area contributed by atoms with Crippen LogP contribution in [0.5, 0.6) is 0 Å². The molecule has 0 aliphatic carbocycles. The predicted molar refractivity (Wildman–Crippen MR) is 122 cm³/mol. The van der Waals surface area contributed by atoms with E-state index in [9.17, 15) is 14.4 Å². The van der Waals surface area contributed by atoms with Crippen LogP contribution in [0.15, 0.2) is 42.5 Å². The van der Waals surface area contributed by atoms with Crippen LogP contribution in [-0.2, 0) is 25.5 Å². The second kappa shape index (κ2) is 10.3. The number of nitrogens with one attached hydrogen (secondary N) is 2. The van der Waals surface area contributed by atoms with Crippen molar-refractivity contribution in [1.29, 1.82) is 0 Å². The lowest BCUT2D eigenvalue weighted by molar-refractivity contribution is -0.151. The monoisotopic (exact) mass is 441 g/mol. The number of hydrogen-bond acceptors (Lipinski definition) is 5. The lowest BCUT2D eigenvalue weighted by Crippen LogP contribution is -2.60. The Kier molecular flexibility index (Phi) is 7.57. The largest absolute Gasteiger partial charge is 0.463 e. The summed E-state index contributed by atoms with van der Waals surface area (Å²) in [6.07, 6.45) is 0.493. The SMILES string of the molecule is CCC(C)OC(=O)CC1C(=O)NCCN1C(=S)NC(=O)Cc1cccc2ccccc12. The van der Waals surface area contributed by atoms with Crippen molar-refractivity contribution in [3.63, 3.8) is 0 Å². The van der Waals surface area contributed by atoms with Crippen LogP contribution in [0.2, 0.25) is 0 Å². The molecular weight excluding hydrogens is 414 g/mol. The summed E-state index contributed by atoms with van der Waals surface area (Å²) in [7, 11) is 0. The Balaban J connectivity index is 1.66. The first-order valence-electron chi connectivity index (χ1n) is 10.4. The summed E-state index contributed by atoms with van der Waals surface area (Å²) >= 11 is 5.42. The van der Waals surface area contributed by atoms with E-state index in [0.717, 1.165) is 16.3 Å². The van der Waals surface area contributed by atoms with Crippen molar-refractivity contribution >= 4 is 45.9 Å². The standard InChI is InChI=1S/C23H27N3O4S/c1-3-15(2)30-21(28)14-19-22(29)24-11-12-26(19)23(31)25-20(27)13-17-9-6-8-16-7-4-5-10-18(16)17/h4-10,15,19H,3,11-14H2,1-2H3,(H,24,29)(H,25,27,31). The molecule has 1 saturated heterocycles. The third-order valence-electron chi connectivity index (χ3n) is 5.34. The molecule has 0 radical (unpaired) electrons. The van der Waals surface area contributed by atoms with Crippen molar-refractivity contribution in [1.82, 2.24) is 15.5 Å². The maximum Gasteiger partial charge on any atom is 0.308 e. The van der Waals surface area contributed by atoms with Gasteiger partial charge in [0.15, 0.2) is 5.11 Å². The zero-order valence-electron chi connectivity index (χ0n) is 17.7. The van der Waals surface area contributed by atoms with E-state index in [2.05, 4.69) is 10.6 Å². The highest BCUT2D eigenvalue weighted by Gasteiger charge is 2.34. The van der Waals surface area contributed by atoms with Gasteiger partial charge in [-0.25, -0.2) is 0 Å². The molecule has 164 valence electrons. The van der Waals surface area contributed by atoms with Gasteiger partial charge in [0.2, 0.25) is 11.8 Å². The van der Waals surface area contributed by atoms with Gasteiger partial charge >= 0.3 is 5.97 Å². The minimum Gasteiger partial charge on any atom is -0.463 e. The Labute approximate surface area is 187 Å². The summed E-state index contributed by atoms with van der Waals surface area (Å²) in [5.41, 5.74) is 0.892. The fourth-order valence-corrected chi connectivity index (χ4v) is 3.86. The van der Waals surface area contributed by atoms with E-state index < -0.39 is 12.0 Å². The number of benzene rings is 2. The molecule has 31 heavy (non-hydrogen) atoms. The van der Waals surface area contributed by atoms with Crippen LogP contribution in [-0.4, -0.2) is 53.0 Å². The Morgan fingerprint density at radius 3 is 2.77 bits per heavy atom. The van der Waals surface area contributed by atoms with E-state index >= 15 is 0 Å². The molecule has 2 unspecified atom stereocenters. The molecule has 8 heteroatoms. The zero-order chi connectivity index (χ0) is 22.4. The first-order valence-corrected chi connectivity index (χ1v) is 10.8. The van der Waals surface area contributed by atoms with Crippen LogP contribution in [0.3, 0.4) is 0 Å². The minimum absolute atomic E-state index is 0.129. The molecule has 0 bridgehead atoms. The van der Waals surface area contributed by atoms with Crippen molar-refractivity contribution in [3.05, 3.63) is 48.0 Å². The van der Waals surface area contributed by atoms with Gasteiger partial charge in [-0.1, -0.05) is 49.4 Å². The molecule has 0 saturated carbocycles. The number of rotatable bonds is 6. The van der Waals surface area contributed by atoms with E-state index in [1.807, 2.05) is 49.4 Å². The Morgan fingerprint density at radius 2 is 2.00 bits per heavy atom. The van der Waals surface area contributed by atoms with Crippen molar-refractivity contribution in [2.45, 2.75) is 45.3 Å². The second-order valence-electron chi connectivity index (χ2n) is 7.58. The Hall–Kier alpha value is -3.00. The van der Waals surface area contributed by atoms with Gasteiger partial charge in [0.25, 0.3) is 0 Å². The zero-order valence-corrected chi connectivity index (χ0v) is 18.5. The quantitative estimate of drug-likeness (QED) is 0.528. The molecule has 2 aromatic rings. The third kappa shape index (κ3) is 5.79. The fraction of sp³-hybridized carbons (Fsp3) is 0.391. The summed E-state index contributed by atoms with van der Waals surface area (Å²) in [5, 5.41) is 7.67. The van der Waals surface area contributed by atoms with Crippen LogP contribution in [0.25, 0.3) is 10.8 Å². The van der Waals surface area contributed by atoms with Crippen molar-refractivity contribution in [2.75, 3.05) is 13.1 Å². The first-order chi connectivity index (χ1) is 14.9. The topological polar surface area (TPSA) is 87.7 Å². The maximum atomic E-state index is 12.7. The molecule has 1 heterocycles. The summed E-state index contributed by atoms with van der Waals surface area (Å²) in [6.45, 7) is 4.50. The van der Waals surface area contributed by atoms with Crippen molar-refractivity contribution in [3.8, 4) is 0 Å². The maximum absolute atomic E-state index is 12.7. The lowest BCUT2D eigenvalue weighted by Gasteiger charge is -2.36. The van der Waals surface area contributed by atoms with Gasteiger partial charge in [-0.15, -0.1) is 0 Å². The molecular formula is C23H27N3O4S. The van der Waals surface area contributed by atoms with E-state index in [4.69, 9.17) is 17.0 Å². The molecule has 7 nitrogen and oxygen atoms in total. The number of esters is 1. The van der Waals surface area contributed by atoms with Gasteiger partial charge in [0.1, 0.15) is 6.04 Å². The molecule has 3 rings (SSSR count). The van der Waals surface area contributed by atoms with Crippen LogP contribution >= 0.6 is 12.2 Å². The van der Waals surface area contributed by atoms with Crippen LogP contribution in [0.4, 0.5) is 0 Å². The summed E-state index contributed by atoms with van der Waals surface area (Å²) in [4.78, 5) is 38.9. The molecule has 2 atom stereocenters. The Bertz CT molecular complexity index is 988. The number of carbonyl (C=O) groups is 3. The van der Waals surface area contributed by atoms with Gasteiger partial charge in [-0.3, -0.25) is 14.4 Å². The molecule has 1 aliphatic heterocycles. The van der Waals surface area contributed by atoms with E-state index in [1.54, 1.807) is 11.8 Å². The highest BCUT2D eigenvalue weighted by atomic mass is 32.1. The number of carbonyl (C=O) groups excluding carboxylic acids is 3. The molecule has 1 aliphatic rings. The molecule has 2 aromatic carbocycles. The van der Waals surface area contributed by atoms with Gasteiger partial charge < -0.3 is 20.3 Å². The molecule has 1 fully saturated rings. The van der Waals surface area contributed by atoms with Crippen LogP contribution < -0.4 is 10.6 Å². The first kappa shape index (κ1) is 22.7. The van der Waals surface area contributed by atoms with Gasteiger partial charge in [-0.2, -0.15) is 0 Å². The van der Waals surface area contributed by atoms with Gasteiger partial charge in [-0.05, 0) is 41.9 Å². The summed E-state index contributed by atoms with van der Waals surface area (Å²) < 4.78 is 5.30. The molecule has 2 N–H and O–H groups in total. The number of piperazine rings is 1.